The number of hydrogen-bond donors (Lipinski definition) is 2. The monoisotopic (exact) mass is 344 g/mol. The summed E-state index contributed by atoms with van der Waals surface area (Å²) in [6.45, 7) is 2.02. The SMILES string of the molecule is Fc1ccc(-c2nc3n(c2Nc2cc(F)cc(F)c2)CCNC3)cc1. The van der Waals surface area contributed by atoms with E-state index in [1.807, 2.05) is 4.57 Å². The maximum atomic E-state index is 13.5. The Labute approximate surface area is 142 Å². The van der Waals surface area contributed by atoms with E-state index in [-0.39, 0.29) is 5.82 Å². The van der Waals surface area contributed by atoms with Gasteiger partial charge < -0.3 is 15.2 Å². The molecule has 128 valence electrons. The third kappa shape index (κ3) is 3.10. The van der Waals surface area contributed by atoms with Crippen molar-refractivity contribution in [2.45, 2.75) is 13.1 Å². The predicted molar refractivity (Wildman–Crippen MR) is 89.0 cm³/mol. The molecule has 0 amide bonds. The number of hydrogen-bond acceptors (Lipinski definition) is 3. The van der Waals surface area contributed by atoms with Crippen molar-refractivity contribution in [3.63, 3.8) is 0 Å². The van der Waals surface area contributed by atoms with E-state index in [0.717, 1.165) is 24.0 Å². The van der Waals surface area contributed by atoms with Crippen LogP contribution in [-0.4, -0.2) is 16.1 Å². The molecule has 1 aliphatic rings. The van der Waals surface area contributed by atoms with Crippen molar-refractivity contribution in [2.75, 3.05) is 11.9 Å². The lowest BCUT2D eigenvalue weighted by molar-refractivity contribution is 0.509. The molecule has 2 heterocycles. The summed E-state index contributed by atoms with van der Waals surface area (Å²) in [6.07, 6.45) is 0. The number of halogens is 3. The van der Waals surface area contributed by atoms with Crippen LogP contribution in [0.3, 0.4) is 0 Å². The molecule has 0 spiro atoms. The van der Waals surface area contributed by atoms with Crippen LogP contribution in [-0.2, 0) is 13.1 Å². The van der Waals surface area contributed by atoms with Crippen LogP contribution in [0, 0.1) is 17.5 Å². The molecule has 2 N–H and O–H groups in total. The molecule has 4 nitrogen and oxygen atoms in total. The first-order chi connectivity index (χ1) is 12.1. The maximum absolute atomic E-state index is 13.5. The molecule has 25 heavy (non-hydrogen) atoms. The average Bonchev–Trinajstić information content (AvgIpc) is 2.93. The summed E-state index contributed by atoms with van der Waals surface area (Å²) in [6, 6.07) is 9.25. The van der Waals surface area contributed by atoms with Gasteiger partial charge in [-0.1, -0.05) is 0 Å². The zero-order chi connectivity index (χ0) is 17.4. The fourth-order valence-electron chi connectivity index (χ4n) is 2.96. The Balaban J connectivity index is 1.81. The van der Waals surface area contributed by atoms with Crippen LogP contribution in [0.5, 0.6) is 0 Å². The maximum Gasteiger partial charge on any atom is 0.138 e. The Morgan fingerprint density at radius 3 is 2.40 bits per heavy atom. The number of benzene rings is 2. The number of nitrogens with zero attached hydrogens (tertiary/aromatic N) is 2. The van der Waals surface area contributed by atoms with Crippen LogP contribution in [0.25, 0.3) is 11.3 Å². The smallest absolute Gasteiger partial charge is 0.138 e. The van der Waals surface area contributed by atoms with Crippen molar-refractivity contribution in [1.82, 2.24) is 14.9 Å². The van der Waals surface area contributed by atoms with Gasteiger partial charge in [-0.2, -0.15) is 0 Å². The summed E-state index contributed by atoms with van der Waals surface area (Å²) in [5, 5.41) is 6.31. The molecule has 0 saturated carbocycles. The number of imidazole rings is 1. The fraction of sp³-hybridized carbons (Fsp3) is 0.167. The summed E-state index contributed by atoms with van der Waals surface area (Å²) in [5.74, 6) is -0.217. The van der Waals surface area contributed by atoms with Crippen LogP contribution in [0.2, 0.25) is 0 Å². The first-order valence-electron chi connectivity index (χ1n) is 7.89. The predicted octanol–water partition coefficient (Wildman–Crippen LogP) is 3.81. The lowest BCUT2D eigenvalue weighted by atomic mass is 10.1. The summed E-state index contributed by atoms with van der Waals surface area (Å²) >= 11 is 0. The molecule has 1 aliphatic heterocycles. The second-order valence-corrected chi connectivity index (χ2v) is 5.84. The number of aromatic nitrogens is 2. The molecular formula is C18H15F3N4. The normalized spacial score (nSPS) is 13.6. The molecule has 0 unspecified atom stereocenters. The Bertz CT molecular complexity index is 899. The van der Waals surface area contributed by atoms with Crippen molar-refractivity contribution < 1.29 is 13.2 Å². The quantitative estimate of drug-likeness (QED) is 0.759. The third-order valence-corrected chi connectivity index (χ3v) is 4.08. The van der Waals surface area contributed by atoms with Gasteiger partial charge in [0.15, 0.2) is 0 Å². The van der Waals surface area contributed by atoms with Crippen LogP contribution in [0.4, 0.5) is 24.7 Å². The van der Waals surface area contributed by atoms with E-state index in [1.54, 1.807) is 12.1 Å². The highest BCUT2D eigenvalue weighted by atomic mass is 19.1. The first-order valence-corrected chi connectivity index (χ1v) is 7.89. The molecule has 3 aromatic rings. The van der Waals surface area contributed by atoms with Gasteiger partial charge in [0.1, 0.15) is 34.8 Å². The Kier molecular flexibility index (Phi) is 3.93. The minimum absolute atomic E-state index is 0.294. The van der Waals surface area contributed by atoms with Gasteiger partial charge in [-0.15, -0.1) is 0 Å². The number of nitrogens with one attached hydrogen (secondary N) is 2. The largest absolute Gasteiger partial charge is 0.340 e. The van der Waals surface area contributed by atoms with Crippen LogP contribution in [0.1, 0.15) is 5.82 Å². The van der Waals surface area contributed by atoms with E-state index in [4.69, 9.17) is 0 Å². The Hall–Kier alpha value is -2.80. The van der Waals surface area contributed by atoms with Crippen LogP contribution < -0.4 is 10.6 Å². The standard InChI is InChI=1S/C18H15F3N4/c19-12-3-1-11(2-4-12)17-18(25-6-5-22-10-16(25)24-17)23-15-8-13(20)7-14(21)9-15/h1-4,7-9,22-23H,5-6,10H2. The van der Waals surface area contributed by atoms with Crippen molar-refractivity contribution in [3.05, 3.63) is 65.7 Å². The number of anilines is 2. The van der Waals surface area contributed by atoms with Gasteiger partial charge in [-0.25, -0.2) is 18.2 Å². The molecule has 4 rings (SSSR count). The fourth-order valence-corrected chi connectivity index (χ4v) is 2.96. The summed E-state index contributed by atoms with van der Waals surface area (Å²) in [4.78, 5) is 4.62. The van der Waals surface area contributed by atoms with Gasteiger partial charge in [0.2, 0.25) is 0 Å². The molecular weight excluding hydrogens is 329 g/mol. The van der Waals surface area contributed by atoms with Gasteiger partial charge >= 0.3 is 0 Å². The summed E-state index contributed by atoms with van der Waals surface area (Å²) < 4.78 is 42.2. The first kappa shape index (κ1) is 15.7. The van der Waals surface area contributed by atoms with E-state index in [1.165, 1.54) is 24.3 Å². The zero-order valence-electron chi connectivity index (χ0n) is 13.2. The highest BCUT2D eigenvalue weighted by Gasteiger charge is 2.21. The Morgan fingerprint density at radius 2 is 1.68 bits per heavy atom. The molecule has 2 aromatic carbocycles. The lowest BCUT2D eigenvalue weighted by Crippen LogP contribution is -2.28. The molecule has 0 aliphatic carbocycles. The van der Waals surface area contributed by atoms with Gasteiger partial charge in [0.05, 0.1) is 6.54 Å². The molecule has 0 atom stereocenters. The van der Waals surface area contributed by atoms with Gasteiger partial charge in [-0.3, -0.25) is 0 Å². The van der Waals surface area contributed by atoms with E-state index >= 15 is 0 Å². The van der Waals surface area contributed by atoms with E-state index < -0.39 is 11.6 Å². The van der Waals surface area contributed by atoms with Gasteiger partial charge in [0, 0.05) is 30.4 Å². The van der Waals surface area contributed by atoms with Gasteiger partial charge in [0.25, 0.3) is 0 Å². The molecule has 1 aromatic heterocycles. The van der Waals surface area contributed by atoms with Crippen molar-refractivity contribution in [2.24, 2.45) is 0 Å². The molecule has 0 saturated heterocycles. The van der Waals surface area contributed by atoms with E-state index in [2.05, 4.69) is 15.6 Å². The lowest BCUT2D eigenvalue weighted by Gasteiger charge is -2.18. The van der Waals surface area contributed by atoms with E-state index in [9.17, 15) is 13.2 Å². The molecule has 7 heteroatoms. The summed E-state index contributed by atoms with van der Waals surface area (Å²) in [5.41, 5.74) is 1.63. The number of fused-ring (bicyclic) bond motifs is 1. The zero-order valence-corrected chi connectivity index (χ0v) is 13.2. The molecule has 0 fully saturated rings. The topological polar surface area (TPSA) is 41.9 Å². The van der Waals surface area contributed by atoms with Crippen molar-refractivity contribution in [3.8, 4) is 11.3 Å². The second-order valence-electron chi connectivity index (χ2n) is 5.84. The highest BCUT2D eigenvalue weighted by Crippen LogP contribution is 2.32. The number of rotatable bonds is 3. The second kappa shape index (κ2) is 6.25. The van der Waals surface area contributed by atoms with Crippen molar-refractivity contribution in [1.29, 1.82) is 0 Å². The average molecular weight is 344 g/mol. The van der Waals surface area contributed by atoms with Crippen molar-refractivity contribution >= 4 is 11.5 Å². The van der Waals surface area contributed by atoms with E-state index in [0.29, 0.717) is 30.3 Å². The highest BCUT2D eigenvalue weighted by molar-refractivity contribution is 5.76. The minimum atomic E-state index is -0.661. The Morgan fingerprint density at radius 1 is 0.960 bits per heavy atom. The van der Waals surface area contributed by atoms with Crippen LogP contribution in [0.15, 0.2) is 42.5 Å². The third-order valence-electron chi connectivity index (χ3n) is 4.08. The molecule has 0 radical (unpaired) electrons. The summed E-state index contributed by atoms with van der Waals surface area (Å²) in [7, 11) is 0. The minimum Gasteiger partial charge on any atom is -0.340 e. The van der Waals surface area contributed by atoms with Gasteiger partial charge in [-0.05, 0) is 36.4 Å². The molecule has 0 bridgehead atoms. The van der Waals surface area contributed by atoms with Crippen LogP contribution >= 0.6 is 0 Å².